The third-order valence-electron chi connectivity index (χ3n) is 4.95. The van der Waals surface area contributed by atoms with Crippen molar-refractivity contribution in [3.05, 3.63) is 35.2 Å². The molecule has 8 heteroatoms. The second kappa shape index (κ2) is 9.49. The summed E-state index contributed by atoms with van der Waals surface area (Å²) in [4.78, 5) is 18.9. The van der Waals surface area contributed by atoms with Crippen LogP contribution in [0.1, 0.15) is 32.6 Å². The summed E-state index contributed by atoms with van der Waals surface area (Å²) in [6.45, 7) is 8.21. The molecule has 152 valence electrons. The van der Waals surface area contributed by atoms with Gasteiger partial charge in [-0.15, -0.1) is 0 Å². The van der Waals surface area contributed by atoms with Gasteiger partial charge < -0.3 is 14.6 Å². The number of carbonyl (C=O) groups is 1. The van der Waals surface area contributed by atoms with Gasteiger partial charge in [0.15, 0.2) is 0 Å². The molecular weight excluding hydrogens is 380 g/mol. The van der Waals surface area contributed by atoms with Crippen molar-refractivity contribution < 1.29 is 14.1 Å². The average molecular weight is 407 g/mol. The van der Waals surface area contributed by atoms with Gasteiger partial charge in [-0.2, -0.15) is 4.98 Å². The van der Waals surface area contributed by atoms with Crippen molar-refractivity contribution in [1.82, 2.24) is 20.4 Å². The fraction of sp³-hybridized carbons (Fsp3) is 0.550. The Morgan fingerprint density at radius 1 is 1.25 bits per heavy atom. The molecule has 0 spiro atoms. The van der Waals surface area contributed by atoms with Gasteiger partial charge in [0.05, 0.1) is 13.2 Å². The quantitative estimate of drug-likeness (QED) is 0.726. The van der Waals surface area contributed by atoms with E-state index < -0.39 is 0 Å². The van der Waals surface area contributed by atoms with E-state index in [9.17, 15) is 4.79 Å². The van der Waals surface area contributed by atoms with Gasteiger partial charge in [0.1, 0.15) is 0 Å². The van der Waals surface area contributed by atoms with Gasteiger partial charge in [-0.1, -0.05) is 16.8 Å². The van der Waals surface area contributed by atoms with Gasteiger partial charge >= 0.3 is 0 Å². The zero-order valence-corrected chi connectivity index (χ0v) is 17.2. The van der Waals surface area contributed by atoms with Crippen molar-refractivity contribution in [1.29, 1.82) is 0 Å². The van der Waals surface area contributed by atoms with E-state index in [1.165, 1.54) is 0 Å². The SMILES string of the molecule is CC(C)(CNC(=O)CCCc1nc(-c2ccc(Cl)cc2)no1)N1CCOCC1. The van der Waals surface area contributed by atoms with E-state index in [1.54, 1.807) is 12.1 Å². The Kier molecular flexibility index (Phi) is 7.04. The minimum absolute atomic E-state index is 0.0405. The van der Waals surface area contributed by atoms with Crippen molar-refractivity contribution >= 4 is 17.5 Å². The number of nitrogens with zero attached hydrogens (tertiary/aromatic N) is 3. The second-order valence-electron chi connectivity index (χ2n) is 7.56. The van der Waals surface area contributed by atoms with Gasteiger partial charge in [0, 0.05) is 48.6 Å². The third kappa shape index (κ3) is 5.77. The standard InChI is InChI=1S/C20H27ClN4O3/c1-20(2,25-10-12-27-13-11-25)14-22-17(26)4-3-5-18-23-19(24-28-18)15-6-8-16(21)9-7-15/h6-9H,3-5,10-14H2,1-2H3,(H,22,26). The Balaban J connectivity index is 1.40. The highest BCUT2D eigenvalue weighted by Gasteiger charge is 2.28. The van der Waals surface area contributed by atoms with Crippen molar-refractivity contribution in [3.8, 4) is 11.4 Å². The molecule has 3 rings (SSSR count). The fourth-order valence-corrected chi connectivity index (χ4v) is 3.28. The van der Waals surface area contributed by atoms with E-state index in [0.29, 0.717) is 42.5 Å². The van der Waals surface area contributed by atoms with Crippen LogP contribution in [0.5, 0.6) is 0 Å². The number of halogens is 1. The first-order valence-corrected chi connectivity index (χ1v) is 10.00. The lowest BCUT2D eigenvalue weighted by Gasteiger charge is -2.40. The van der Waals surface area contributed by atoms with Crippen LogP contribution in [-0.4, -0.2) is 59.3 Å². The molecule has 1 amide bonds. The fourth-order valence-electron chi connectivity index (χ4n) is 3.16. The number of rotatable bonds is 8. The largest absolute Gasteiger partial charge is 0.379 e. The zero-order chi connectivity index (χ0) is 20.0. The van der Waals surface area contributed by atoms with Crippen LogP contribution in [0.2, 0.25) is 5.02 Å². The summed E-state index contributed by atoms with van der Waals surface area (Å²) in [7, 11) is 0. The lowest BCUT2D eigenvalue weighted by molar-refractivity contribution is -0.122. The van der Waals surface area contributed by atoms with E-state index >= 15 is 0 Å². The lowest BCUT2D eigenvalue weighted by atomic mass is 10.0. The van der Waals surface area contributed by atoms with Crippen LogP contribution in [0.3, 0.4) is 0 Å². The van der Waals surface area contributed by atoms with Crippen molar-refractivity contribution in [2.45, 2.75) is 38.6 Å². The van der Waals surface area contributed by atoms with Gasteiger partial charge in [0.25, 0.3) is 0 Å². The maximum Gasteiger partial charge on any atom is 0.226 e. The highest BCUT2D eigenvalue weighted by atomic mass is 35.5. The van der Waals surface area contributed by atoms with E-state index in [0.717, 1.165) is 31.9 Å². The molecule has 0 atom stereocenters. The van der Waals surface area contributed by atoms with E-state index in [4.69, 9.17) is 20.9 Å². The predicted molar refractivity (Wildman–Crippen MR) is 107 cm³/mol. The topological polar surface area (TPSA) is 80.5 Å². The first-order valence-electron chi connectivity index (χ1n) is 9.62. The number of hydrogen-bond donors (Lipinski definition) is 1. The highest BCUT2D eigenvalue weighted by Crippen LogP contribution is 2.19. The molecule has 0 aliphatic carbocycles. The summed E-state index contributed by atoms with van der Waals surface area (Å²) in [5.74, 6) is 1.11. The monoisotopic (exact) mass is 406 g/mol. The molecule has 1 aromatic heterocycles. The van der Waals surface area contributed by atoms with Crippen molar-refractivity contribution in [2.75, 3.05) is 32.8 Å². The number of ether oxygens (including phenoxy) is 1. The average Bonchev–Trinajstić information content (AvgIpc) is 3.17. The Hall–Kier alpha value is -1.96. The zero-order valence-electron chi connectivity index (χ0n) is 16.4. The molecule has 2 aromatic rings. The van der Waals surface area contributed by atoms with Gasteiger partial charge in [-0.3, -0.25) is 9.69 Å². The number of hydrogen-bond acceptors (Lipinski definition) is 6. The van der Waals surface area contributed by atoms with Crippen LogP contribution in [0.15, 0.2) is 28.8 Å². The molecular formula is C20H27ClN4O3. The molecule has 2 heterocycles. The lowest BCUT2D eigenvalue weighted by Crippen LogP contribution is -2.55. The smallest absolute Gasteiger partial charge is 0.226 e. The molecule has 0 radical (unpaired) electrons. The number of carbonyl (C=O) groups excluding carboxylic acids is 1. The third-order valence-corrected chi connectivity index (χ3v) is 5.20. The van der Waals surface area contributed by atoms with Crippen LogP contribution in [0.4, 0.5) is 0 Å². The van der Waals surface area contributed by atoms with Crippen LogP contribution >= 0.6 is 11.6 Å². The number of nitrogens with one attached hydrogen (secondary N) is 1. The van der Waals surface area contributed by atoms with Crippen LogP contribution in [-0.2, 0) is 16.0 Å². The summed E-state index contributed by atoms with van der Waals surface area (Å²) in [5.41, 5.74) is 0.766. The summed E-state index contributed by atoms with van der Waals surface area (Å²) in [6, 6.07) is 7.27. The molecule has 0 saturated carbocycles. The summed E-state index contributed by atoms with van der Waals surface area (Å²) < 4.78 is 10.7. The number of aryl methyl sites for hydroxylation is 1. The molecule has 7 nitrogen and oxygen atoms in total. The second-order valence-corrected chi connectivity index (χ2v) is 8.00. The predicted octanol–water partition coefficient (Wildman–Crippen LogP) is 2.94. The Bertz CT molecular complexity index is 770. The van der Waals surface area contributed by atoms with Crippen LogP contribution < -0.4 is 5.32 Å². The Labute approximate surface area is 170 Å². The summed E-state index contributed by atoms with van der Waals surface area (Å²) >= 11 is 5.89. The molecule has 0 unspecified atom stereocenters. The van der Waals surface area contributed by atoms with E-state index in [2.05, 4.69) is 34.2 Å². The highest BCUT2D eigenvalue weighted by molar-refractivity contribution is 6.30. The molecule has 1 aliphatic rings. The minimum atomic E-state index is -0.0839. The van der Waals surface area contributed by atoms with Gasteiger partial charge in [-0.25, -0.2) is 0 Å². The van der Waals surface area contributed by atoms with Crippen LogP contribution in [0.25, 0.3) is 11.4 Å². The first kappa shape index (κ1) is 20.8. The Morgan fingerprint density at radius 3 is 2.68 bits per heavy atom. The molecule has 28 heavy (non-hydrogen) atoms. The molecule has 0 bridgehead atoms. The first-order chi connectivity index (χ1) is 13.4. The maximum absolute atomic E-state index is 12.2. The molecule has 1 saturated heterocycles. The van der Waals surface area contributed by atoms with Crippen LogP contribution in [0, 0.1) is 0 Å². The number of amides is 1. The van der Waals surface area contributed by atoms with Gasteiger partial charge in [-0.05, 0) is 44.5 Å². The Morgan fingerprint density at radius 2 is 1.96 bits per heavy atom. The minimum Gasteiger partial charge on any atom is -0.379 e. The summed E-state index contributed by atoms with van der Waals surface area (Å²) in [5, 5.41) is 7.69. The van der Waals surface area contributed by atoms with E-state index in [1.807, 2.05) is 12.1 Å². The van der Waals surface area contributed by atoms with E-state index in [-0.39, 0.29) is 11.4 Å². The molecule has 1 fully saturated rings. The maximum atomic E-state index is 12.2. The number of aromatic nitrogens is 2. The molecule has 1 aromatic carbocycles. The molecule has 1 N–H and O–H groups in total. The number of benzene rings is 1. The summed E-state index contributed by atoms with van der Waals surface area (Å²) in [6.07, 6.45) is 1.66. The van der Waals surface area contributed by atoms with Gasteiger partial charge in [0.2, 0.25) is 17.6 Å². The van der Waals surface area contributed by atoms with Crippen molar-refractivity contribution in [3.63, 3.8) is 0 Å². The normalized spacial score (nSPS) is 15.5. The van der Waals surface area contributed by atoms with Crippen molar-refractivity contribution in [2.24, 2.45) is 0 Å². The number of morpholine rings is 1. The molecule has 1 aliphatic heterocycles.